The number of hydrogen-bond acceptors (Lipinski definition) is 5. The van der Waals surface area contributed by atoms with Gasteiger partial charge in [0.15, 0.2) is 0 Å². The fourth-order valence-corrected chi connectivity index (χ4v) is 10.1. The first-order valence-corrected chi connectivity index (χ1v) is 32.8. The Bertz CT molecular complexity index is 1180. The predicted molar refractivity (Wildman–Crippen MR) is 319 cm³/mol. The molecule has 0 aliphatic carbocycles. The smallest absolute Gasteiger partial charge is 0.305 e. The maximum atomic E-state index is 12.5. The first kappa shape index (κ1) is 71.1. The molecule has 73 heavy (non-hydrogen) atoms. The minimum atomic E-state index is -0.846. The van der Waals surface area contributed by atoms with Gasteiger partial charge in [-0.1, -0.05) is 314 Å². The molecule has 1 amide bonds. The van der Waals surface area contributed by atoms with Gasteiger partial charge in [-0.3, -0.25) is 9.59 Å². The number of esters is 1. The largest absolute Gasteiger partial charge is 0.466 e. The zero-order valence-electron chi connectivity index (χ0n) is 49.1. The number of ether oxygens (including phenoxy) is 1. The number of amides is 1. The summed E-state index contributed by atoms with van der Waals surface area (Å²) in [5.74, 6) is -0.0568. The molecule has 0 fully saturated rings. The normalized spacial score (nSPS) is 12.8. The highest BCUT2D eigenvalue weighted by Crippen LogP contribution is 2.17. The molecule has 6 heteroatoms. The van der Waals surface area contributed by atoms with E-state index < -0.39 is 12.1 Å². The first-order valence-electron chi connectivity index (χ1n) is 32.8. The van der Waals surface area contributed by atoms with Crippen molar-refractivity contribution in [3.8, 4) is 0 Å². The van der Waals surface area contributed by atoms with Gasteiger partial charge in [0.25, 0.3) is 0 Å². The predicted octanol–water partition coefficient (Wildman–Crippen LogP) is 20.8. The van der Waals surface area contributed by atoms with E-state index in [1.165, 1.54) is 283 Å². The third kappa shape index (κ3) is 59.2. The van der Waals surface area contributed by atoms with Gasteiger partial charge in [-0.15, -0.1) is 0 Å². The van der Waals surface area contributed by atoms with Gasteiger partial charge in [0.1, 0.15) is 0 Å². The molecule has 6 nitrogen and oxygen atoms in total. The second-order valence-electron chi connectivity index (χ2n) is 22.5. The van der Waals surface area contributed by atoms with Crippen molar-refractivity contribution >= 4 is 11.9 Å². The van der Waals surface area contributed by atoms with Crippen LogP contribution in [0.3, 0.4) is 0 Å². The van der Waals surface area contributed by atoms with E-state index in [1.807, 2.05) is 6.08 Å². The van der Waals surface area contributed by atoms with Crippen molar-refractivity contribution < 1.29 is 24.5 Å². The van der Waals surface area contributed by atoms with Gasteiger partial charge in [-0.2, -0.15) is 0 Å². The molecule has 0 spiro atoms. The summed E-state index contributed by atoms with van der Waals surface area (Å²) in [6, 6.07) is -0.630. The Morgan fingerprint density at radius 3 is 1.04 bits per heavy atom. The average molecular weight is 1030 g/mol. The second kappa shape index (κ2) is 62.6. The van der Waals surface area contributed by atoms with E-state index >= 15 is 0 Å². The zero-order chi connectivity index (χ0) is 52.9. The summed E-state index contributed by atoms with van der Waals surface area (Å²) in [6.07, 6.45) is 79.1. The Morgan fingerprint density at radius 1 is 0.384 bits per heavy atom. The highest BCUT2D eigenvalue weighted by atomic mass is 16.5. The average Bonchev–Trinajstić information content (AvgIpc) is 3.39. The molecule has 0 rings (SSSR count). The fourth-order valence-electron chi connectivity index (χ4n) is 10.1. The molecular weight excluding hydrogens is 899 g/mol. The van der Waals surface area contributed by atoms with Gasteiger partial charge in [0.2, 0.25) is 5.91 Å². The van der Waals surface area contributed by atoms with Crippen molar-refractivity contribution in [2.75, 3.05) is 13.2 Å². The lowest BCUT2D eigenvalue weighted by Gasteiger charge is -2.20. The quantitative estimate of drug-likeness (QED) is 0.0320. The van der Waals surface area contributed by atoms with Crippen LogP contribution in [0.4, 0.5) is 0 Å². The number of hydrogen-bond donors (Lipinski definition) is 3. The van der Waals surface area contributed by atoms with E-state index in [1.54, 1.807) is 6.08 Å². The van der Waals surface area contributed by atoms with Crippen LogP contribution < -0.4 is 5.32 Å². The monoisotopic (exact) mass is 1030 g/mol. The lowest BCUT2D eigenvalue weighted by atomic mass is 10.0. The van der Waals surface area contributed by atoms with Crippen LogP contribution in [0.25, 0.3) is 0 Å². The van der Waals surface area contributed by atoms with Gasteiger partial charge >= 0.3 is 5.97 Å². The van der Waals surface area contributed by atoms with Gasteiger partial charge < -0.3 is 20.3 Å². The van der Waals surface area contributed by atoms with Crippen molar-refractivity contribution in [3.63, 3.8) is 0 Å². The molecule has 0 heterocycles. The standard InChI is InChI=1S/C67H127NO5/c1-3-5-7-9-11-13-15-17-32-37-41-45-49-53-57-61-67(72)73-62-58-54-50-46-42-38-34-31-29-27-25-23-21-19-20-22-24-26-28-30-33-36-40-44-48-52-56-60-66(71)68-64(63-69)65(70)59-55-51-47-43-39-35-18-16-14-12-10-8-6-4-2/h19-20,23,25,55,59,64-65,69-70H,3-18,21-22,24,26-54,56-58,60-63H2,1-2H3,(H,68,71)/b20-19-,25-23-,59-55+. The van der Waals surface area contributed by atoms with Crippen molar-refractivity contribution in [2.45, 2.75) is 366 Å². The molecule has 0 aromatic rings. The molecule has 2 unspecified atom stereocenters. The highest BCUT2D eigenvalue weighted by molar-refractivity contribution is 5.76. The Hall–Kier alpha value is -1.92. The molecule has 3 N–H and O–H groups in total. The molecular formula is C67H127NO5. The maximum absolute atomic E-state index is 12.5. The third-order valence-corrected chi connectivity index (χ3v) is 15.2. The van der Waals surface area contributed by atoms with E-state index in [4.69, 9.17) is 4.74 Å². The van der Waals surface area contributed by atoms with E-state index in [0.29, 0.717) is 19.4 Å². The Balaban J connectivity index is 3.42. The van der Waals surface area contributed by atoms with Crippen LogP contribution in [0, 0.1) is 0 Å². The number of carbonyl (C=O) groups excluding carboxylic acids is 2. The molecule has 0 saturated carbocycles. The molecule has 0 bridgehead atoms. The molecule has 0 saturated heterocycles. The Morgan fingerprint density at radius 2 is 0.685 bits per heavy atom. The second-order valence-corrected chi connectivity index (χ2v) is 22.5. The molecule has 430 valence electrons. The number of carbonyl (C=O) groups is 2. The van der Waals surface area contributed by atoms with Gasteiger partial charge in [0.05, 0.1) is 25.4 Å². The van der Waals surface area contributed by atoms with Gasteiger partial charge in [0, 0.05) is 12.8 Å². The maximum Gasteiger partial charge on any atom is 0.305 e. The third-order valence-electron chi connectivity index (χ3n) is 15.2. The van der Waals surface area contributed by atoms with E-state index in [9.17, 15) is 19.8 Å². The zero-order valence-corrected chi connectivity index (χ0v) is 49.1. The van der Waals surface area contributed by atoms with Crippen LogP contribution >= 0.6 is 0 Å². The Labute approximate surface area is 455 Å². The first-order chi connectivity index (χ1) is 36.0. The topological polar surface area (TPSA) is 95.9 Å². The van der Waals surface area contributed by atoms with Gasteiger partial charge in [-0.25, -0.2) is 0 Å². The van der Waals surface area contributed by atoms with Crippen LogP contribution in [-0.4, -0.2) is 47.4 Å². The SMILES string of the molecule is CCCCCCCCCCCCCC/C=C/C(O)C(CO)NC(=O)CCCCCCCCCCCCC/C=C\C/C=C\CCCCCCCCCCCOC(=O)CCCCCCCCCCCCCCCCC. The summed E-state index contributed by atoms with van der Waals surface area (Å²) in [7, 11) is 0. The van der Waals surface area contributed by atoms with Crippen molar-refractivity contribution in [1.29, 1.82) is 0 Å². The number of aliphatic hydroxyl groups excluding tert-OH is 2. The number of allylic oxidation sites excluding steroid dienone is 5. The molecule has 0 aromatic heterocycles. The number of aliphatic hydroxyl groups is 2. The molecule has 2 atom stereocenters. The Kier molecular flexibility index (Phi) is 61.0. The van der Waals surface area contributed by atoms with E-state index in [2.05, 4.69) is 43.5 Å². The van der Waals surface area contributed by atoms with Gasteiger partial charge in [-0.05, 0) is 64.2 Å². The minimum absolute atomic E-state index is 0.0133. The molecule has 0 aromatic carbocycles. The fraction of sp³-hybridized carbons (Fsp3) is 0.881. The van der Waals surface area contributed by atoms with Crippen LogP contribution in [0.15, 0.2) is 36.5 Å². The summed E-state index contributed by atoms with van der Waals surface area (Å²) >= 11 is 0. The number of unbranched alkanes of at least 4 members (excludes halogenated alkanes) is 46. The summed E-state index contributed by atoms with van der Waals surface area (Å²) in [4.78, 5) is 24.5. The number of nitrogens with one attached hydrogen (secondary N) is 1. The summed E-state index contributed by atoms with van der Waals surface area (Å²) < 4.78 is 5.49. The van der Waals surface area contributed by atoms with Crippen molar-refractivity contribution in [1.82, 2.24) is 5.32 Å². The molecule has 0 aliphatic heterocycles. The van der Waals surface area contributed by atoms with E-state index in [0.717, 1.165) is 44.9 Å². The van der Waals surface area contributed by atoms with E-state index in [-0.39, 0.29) is 18.5 Å². The van der Waals surface area contributed by atoms with Crippen LogP contribution in [0.2, 0.25) is 0 Å². The lowest BCUT2D eigenvalue weighted by Crippen LogP contribution is -2.45. The highest BCUT2D eigenvalue weighted by Gasteiger charge is 2.18. The molecule has 0 radical (unpaired) electrons. The van der Waals surface area contributed by atoms with Crippen LogP contribution in [-0.2, 0) is 14.3 Å². The van der Waals surface area contributed by atoms with Crippen molar-refractivity contribution in [2.24, 2.45) is 0 Å². The summed E-state index contributed by atoms with van der Waals surface area (Å²) in [5.41, 5.74) is 0. The van der Waals surface area contributed by atoms with Crippen LogP contribution in [0.1, 0.15) is 354 Å². The summed E-state index contributed by atoms with van der Waals surface area (Å²) in [5, 5.41) is 23.1. The minimum Gasteiger partial charge on any atom is -0.466 e. The molecule has 0 aliphatic rings. The lowest BCUT2D eigenvalue weighted by molar-refractivity contribution is -0.143. The number of rotatable bonds is 61. The summed E-state index contributed by atoms with van der Waals surface area (Å²) in [6.45, 7) is 4.92. The van der Waals surface area contributed by atoms with Crippen LogP contribution in [0.5, 0.6) is 0 Å². The van der Waals surface area contributed by atoms with Crippen molar-refractivity contribution in [3.05, 3.63) is 36.5 Å².